The van der Waals surface area contributed by atoms with E-state index >= 15 is 0 Å². The molecule has 132 valence electrons. The standard InChI is InChI=1S/C18H13F2N3O3/c1-10-11(7-12(9-21)23(10)2)8-14-17(24)26-16(22-14)13-5-3-4-6-15(13)25-18(19)20/h3-8,18H,1-2H3/b14-8+. The highest BCUT2D eigenvalue weighted by Crippen LogP contribution is 2.27. The Labute approximate surface area is 147 Å². The summed E-state index contributed by atoms with van der Waals surface area (Å²) in [7, 11) is 1.73. The zero-order valence-corrected chi connectivity index (χ0v) is 13.9. The van der Waals surface area contributed by atoms with E-state index in [0.717, 1.165) is 5.69 Å². The lowest BCUT2D eigenvalue weighted by Gasteiger charge is -2.08. The van der Waals surface area contributed by atoms with Crippen molar-refractivity contribution in [1.82, 2.24) is 4.57 Å². The van der Waals surface area contributed by atoms with Gasteiger partial charge in [0.1, 0.15) is 17.5 Å². The quantitative estimate of drug-likeness (QED) is 0.622. The van der Waals surface area contributed by atoms with E-state index in [2.05, 4.69) is 9.73 Å². The van der Waals surface area contributed by atoms with Gasteiger partial charge in [0.2, 0.25) is 5.90 Å². The molecule has 1 aliphatic rings. The minimum Gasteiger partial charge on any atom is -0.434 e. The van der Waals surface area contributed by atoms with Gasteiger partial charge in [-0.25, -0.2) is 9.79 Å². The van der Waals surface area contributed by atoms with Crippen molar-refractivity contribution in [3.05, 3.63) is 58.5 Å². The lowest BCUT2D eigenvalue weighted by Crippen LogP contribution is -2.10. The molecule has 0 amide bonds. The molecule has 0 spiro atoms. The van der Waals surface area contributed by atoms with Crippen LogP contribution in [0.15, 0.2) is 41.0 Å². The van der Waals surface area contributed by atoms with Crippen LogP contribution in [-0.4, -0.2) is 23.0 Å². The number of cyclic esters (lactones) is 1. The number of nitriles is 1. The van der Waals surface area contributed by atoms with Crippen LogP contribution in [-0.2, 0) is 16.6 Å². The predicted octanol–water partition coefficient (Wildman–Crippen LogP) is 3.15. The molecule has 0 bridgehead atoms. The fourth-order valence-corrected chi connectivity index (χ4v) is 2.49. The zero-order valence-electron chi connectivity index (χ0n) is 13.9. The Morgan fingerprint density at radius 3 is 2.77 bits per heavy atom. The summed E-state index contributed by atoms with van der Waals surface area (Å²) in [5.74, 6) is -0.974. The molecule has 0 aliphatic carbocycles. The summed E-state index contributed by atoms with van der Waals surface area (Å²) in [5, 5.41) is 9.08. The van der Waals surface area contributed by atoms with Crippen molar-refractivity contribution in [3.8, 4) is 11.8 Å². The van der Waals surface area contributed by atoms with Crippen molar-refractivity contribution in [1.29, 1.82) is 5.26 Å². The van der Waals surface area contributed by atoms with Crippen LogP contribution < -0.4 is 4.74 Å². The lowest BCUT2D eigenvalue weighted by molar-refractivity contribution is -0.129. The largest absolute Gasteiger partial charge is 0.434 e. The molecule has 0 saturated carbocycles. The molecule has 26 heavy (non-hydrogen) atoms. The average Bonchev–Trinajstić information content (AvgIpc) is 3.09. The van der Waals surface area contributed by atoms with Crippen molar-refractivity contribution < 1.29 is 23.0 Å². The summed E-state index contributed by atoms with van der Waals surface area (Å²) in [4.78, 5) is 16.2. The maximum absolute atomic E-state index is 12.5. The number of esters is 1. The summed E-state index contributed by atoms with van der Waals surface area (Å²) in [6.07, 6.45) is 1.49. The monoisotopic (exact) mass is 357 g/mol. The van der Waals surface area contributed by atoms with Crippen LogP contribution >= 0.6 is 0 Å². The first-order valence-corrected chi connectivity index (χ1v) is 7.54. The number of aliphatic imine (C=N–C) groups is 1. The number of ether oxygens (including phenoxy) is 2. The minimum atomic E-state index is -3.01. The molecule has 1 aliphatic heterocycles. The summed E-state index contributed by atoms with van der Waals surface area (Å²) in [5.41, 5.74) is 1.99. The van der Waals surface area contributed by atoms with Crippen LogP contribution in [0.25, 0.3) is 6.08 Å². The van der Waals surface area contributed by atoms with Crippen LogP contribution in [0.5, 0.6) is 5.75 Å². The van der Waals surface area contributed by atoms with E-state index in [1.165, 1.54) is 24.3 Å². The van der Waals surface area contributed by atoms with E-state index in [9.17, 15) is 13.6 Å². The number of aromatic nitrogens is 1. The van der Waals surface area contributed by atoms with E-state index in [0.29, 0.717) is 11.3 Å². The Morgan fingerprint density at radius 2 is 2.12 bits per heavy atom. The van der Waals surface area contributed by atoms with Crippen molar-refractivity contribution in [2.75, 3.05) is 0 Å². The first kappa shape index (κ1) is 17.4. The number of halogens is 2. The van der Waals surface area contributed by atoms with Crippen molar-refractivity contribution in [2.45, 2.75) is 13.5 Å². The number of para-hydroxylation sites is 1. The molecule has 0 radical (unpaired) electrons. The third kappa shape index (κ3) is 3.19. The number of carbonyl (C=O) groups is 1. The molecule has 1 aromatic heterocycles. The fraction of sp³-hybridized carbons (Fsp3) is 0.167. The topological polar surface area (TPSA) is 76.6 Å². The molecule has 2 heterocycles. The summed E-state index contributed by atoms with van der Waals surface area (Å²) < 4.78 is 36.3. The maximum atomic E-state index is 12.5. The molecule has 3 rings (SSSR count). The fourth-order valence-electron chi connectivity index (χ4n) is 2.49. The number of nitrogens with zero attached hydrogens (tertiary/aromatic N) is 3. The van der Waals surface area contributed by atoms with Gasteiger partial charge in [0, 0.05) is 12.7 Å². The van der Waals surface area contributed by atoms with Gasteiger partial charge in [0.05, 0.1) is 5.56 Å². The highest BCUT2D eigenvalue weighted by Gasteiger charge is 2.27. The number of benzene rings is 1. The predicted molar refractivity (Wildman–Crippen MR) is 88.5 cm³/mol. The Balaban J connectivity index is 2.00. The van der Waals surface area contributed by atoms with E-state index in [1.54, 1.807) is 30.7 Å². The van der Waals surface area contributed by atoms with Gasteiger partial charge >= 0.3 is 12.6 Å². The summed E-state index contributed by atoms with van der Waals surface area (Å²) in [6.45, 7) is -1.22. The van der Waals surface area contributed by atoms with Crippen LogP contribution in [0.4, 0.5) is 8.78 Å². The Hall–Kier alpha value is -3.47. The SMILES string of the molecule is Cc1c(/C=C2/N=C(c3ccccc3OC(F)F)OC2=O)cc(C#N)n1C. The van der Waals surface area contributed by atoms with Gasteiger partial charge in [-0.2, -0.15) is 14.0 Å². The minimum absolute atomic E-state index is 0.00467. The highest BCUT2D eigenvalue weighted by atomic mass is 19.3. The van der Waals surface area contributed by atoms with Gasteiger partial charge in [-0.1, -0.05) is 12.1 Å². The van der Waals surface area contributed by atoms with E-state index in [-0.39, 0.29) is 22.9 Å². The summed E-state index contributed by atoms with van der Waals surface area (Å²) in [6, 6.07) is 9.58. The van der Waals surface area contributed by atoms with Crippen LogP contribution in [0, 0.1) is 18.3 Å². The van der Waals surface area contributed by atoms with Crippen LogP contribution in [0.2, 0.25) is 0 Å². The number of hydrogen-bond donors (Lipinski definition) is 0. The van der Waals surface area contributed by atoms with Crippen LogP contribution in [0.3, 0.4) is 0 Å². The first-order chi connectivity index (χ1) is 12.4. The number of alkyl halides is 2. The van der Waals surface area contributed by atoms with Gasteiger partial charge in [-0.15, -0.1) is 0 Å². The van der Waals surface area contributed by atoms with Gasteiger partial charge in [-0.05, 0) is 36.8 Å². The Kier molecular flexibility index (Phi) is 4.54. The molecular formula is C18H13F2N3O3. The van der Waals surface area contributed by atoms with E-state index in [1.807, 2.05) is 6.07 Å². The van der Waals surface area contributed by atoms with Crippen molar-refractivity contribution in [3.63, 3.8) is 0 Å². The van der Waals surface area contributed by atoms with Gasteiger partial charge in [0.15, 0.2) is 5.70 Å². The zero-order chi connectivity index (χ0) is 18.8. The molecule has 0 N–H and O–H groups in total. The number of hydrogen-bond acceptors (Lipinski definition) is 5. The van der Waals surface area contributed by atoms with Crippen molar-refractivity contribution >= 4 is 17.9 Å². The molecular weight excluding hydrogens is 344 g/mol. The maximum Gasteiger partial charge on any atom is 0.387 e. The lowest BCUT2D eigenvalue weighted by atomic mass is 10.2. The third-order valence-electron chi connectivity index (χ3n) is 3.94. The molecule has 0 atom stereocenters. The Bertz CT molecular complexity index is 984. The molecule has 2 aromatic rings. The molecule has 0 saturated heterocycles. The Morgan fingerprint density at radius 1 is 1.38 bits per heavy atom. The van der Waals surface area contributed by atoms with Crippen molar-refractivity contribution in [2.24, 2.45) is 12.0 Å². The molecule has 8 heteroatoms. The second kappa shape index (κ2) is 6.80. The second-order valence-electron chi connectivity index (χ2n) is 5.45. The molecule has 6 nitrogen and oxygen atoms in total. The van der Waals surface area contributed by atoms with E-state index < -0.39 is 12.6 Å². The van der Waals surface area contributed by atoms with Gasteiger partial charge < -0.3 is 14.0 Å². The second-order valence-corrected chi connectivity index (χ2v) is 5.45. The highest BCUT2D eigenvalue weighted by molar-refractivity contribution is 6.13. The smallest absolute Gasteiger partial charge is 0.387 e. The molecule has 0 unspecified atom stereocenters. The summed E-state index contributed by atoms with van der Waals surface area (Å²) >= 11 is 0. The van der Waals surface area contributed by atoms with Crippen LogP contribution in [0.1, 0.15) is 22.5 Å². The van der Waals surface area contributed by atoms with Gasteiger partial charge in [0.25, 0.3) is 0 Å². The first-order valence-electron chi connectivity index (χ1n) is 7.54. The average molecular weight is 357 g/mol. The third-order valence-corrected chi connectivity index (χ3v) is 3.94. The van der Waals surface area contributed by atoms with Gasteiger partial charge in [-0.3, -0.25) is 0 Å². The number of carbonyl (C=O) groups excluding carboxylic acids is 1. The normalized spacial score (nSPS) is 15.2. The number of rotatable bonds is 4. The van der Waals surface area contributed by atoms with E-state index in [4.69, 9.17) is 10.00 Å². The molecule has 0 fully saturated rings. The molecule has 1 aromatic carbocycles.